The molecule has 0 nitrogen and oxygen atoms in total. The minimum atomic E-state index is 0.792. The molecule has 260 valence electrons. The van der Waals surface area contributed by atoms with Crippen LogP contribution in [0.5, 0.6) is 0 Å². The van der Waals surface area contributed by atoms with E-state index in [4.69, 9.17) is 0 Å². The summed E-state index contributed by atoms with van der Waals surface area (Å²) < 4.78 is 0. The van der Waals surface area contributed by atoms with Gasteiger partial charge in [0.15, 0.2) is 0 Å². The van der Waals surface area contributed by atoms with E-state index in [0.29, 0.717) is 0 Å². The first-order chi connectivity index (χ1) is 22.7. The maximum atomic E-state index is 1.67. The van der Waals surface area contributed by atoms with Crippen LogP contribution in [0.2, 0.25) is 0 Å². The molecule has 10 rings (SSSR count). The smallest absolute Gasteiger partial charge is 0.0184 e. The first-order valence-corrected chi connectivity index (χ1v) is 22.7. The van der Waals surface area contributed by atoms with Gasteiger partial charge in [-0.2, -0.15) is 0 Å². The molecule has 0 amide bonds. The van der Waals surface area contributed by atoms with E-state index in [9.17, 15) is 0 Å². The summed E-state index contributed by atoms with van der Waals surface area (Å²) in [5, 5.41) is 0. The van der Waals surface area contributed by atoms with E-state index in [-0.39, 0.29) is 0 Å². The van der Waals surface area contributed by atoms with Crippen molar-refractivity contribution in [3.63, 3.8) is 0 Å². The molecule has 0 heterocycles. The van der Waals surface area contributed by atoms with Crippen molar-refractivity contribution in [2.75, 3.05) is 0 Å². The molecule has 10 aliphatic rings. The van der Waals surface area contributed by atoms with E-state index in [1.807, 2.05) is 0 Å². The van der Waals surface area contributed by atoms with Gasteiger partial charge in [0.2, 0.25) is 0 Å². The molecule has 46 heavy (non-hydrogen) atoms. The molecule has 0 aromatic carbocycles. The van der Waals surface area contributed by atoms with Crippen LogP contribution in [0, 0.1) is 88.3 Å². The first-order valence-electron chi connectivity index (χ1n) is 22.7. The average molecular weight is 629 g/mol. The Kier molecular flexibility index (Phi) is 9.69. The monoisotopic (exact) mass is 629 g/mol. The molecule has 0 spiro atoms. The fraction of sp³-hybridized carbons (Fsp3) is 1.00. The minimum Gasteiger partial charge on any atom is -0.0533 e. The molecule has 10 aliphatic carbocycles. The van der Waals surface area contributed by atoms with Crippen molar-refractivity contribution in [3.05, 3.63) is 0 Å². The molecular weight excluding hydrogens is 553 g/mol. The summed E-state index contributed by atoms with van der Waals surface area (Å²) in [5.74, 6) is 15.7. The van der Waals surface area contributed by atoms with Crippen molar-refractivity contribution in [2.24, 2.45) is 88.3 Å². The highest BCUT2D eigenvalue weighted by atomic mass is 14.7. The van der Waals surface area contributed by atoms with Gasteiger partial charge in [0.05, 0.1) is 0 Å². The van der Waals surface area contributed by atoms with E-state index in [1.54, 1.807) is 186 Å². The Bertz CT molecular complexity index is 860. The maximum absolute atomic E-state index is 1.67. The zero-order valence-electron chi connectivity index (χ0n) is 30.5. The third-order valence-electron chi connectivity index (χ3n) is 19.1. The average Bonchev–Trinajstić information content (AvgIpc) is 3.13. The van der Waals surface area contributed by atoms with Crippen LogP contribution in [0.3, 0.4) is 0 Å². The van der Waals surface area contributed by atoms with E-state index in [1.165, 1.54) is 12.8 Å². The lowest BCUT2D eigenvalue weighted by Crippen LogP contribution is -2.60. The Morgan fingerprint density at radius 2 is 0.478 bits per heavy atom. The zero-order chi connectivity index (χ0) is 30.5. The predicted molar refractivity (Wildman–Crippen MR) is 194 cm³/mol. The van der Waals surface area contributed by atoms with Crippen molar-refractivity contribution in [3.8, 4) is 0 Å². The largest absolute Gasteiger partial charge is 0.0533 e. The Balaban J connectivity index is 0.828. The summed E-state index contributed by atoms with van der Waals surface area (Å²) in [6.45, 7) is 0. The van der Waals surface area contributed by atoms with E-state index >= 15 is 0 Å². The lowest BCUT2D eigenvalue weighted by atomic mass is 9.37. The Morgan fingerprint density at radius 3 is 0.783 bits per heavy atom. The minimum absolute atomic E-state index is 0.792. The summed E-state index contributed by atoms with van der Waals surface area (Å²) in [5.41, 5.74) is 0.792. The molecule has 0 saturated heterocycles. The van der Waals surface area contributed by atoms with Gasteiger partial charge in [-0.1, -0.05) is 64.2 Å². The van der Waals surface area contributed by atoms with Crippen molar-refractivity contribution in [2.45, 2.75) is 199 Å². The fourth-order valence-electron chi connectivity index (χ4n) is 17.2. The van der Waals surface area contributed by atoms with Gasteiger partial charge in [0, 0.05) is 0 Å². The molecular formula is C46H76. The van der Waals surface area contributed by atoms with Crippen molar-refractivity contribution in [1.29, 1.82) is 0 Å². The second-order valence-electron chi connectivity index (χ2n) is 20.7. The maximum Gasteiger partial charge on any atom is -0.0184 e. The quantitative estimate of drug-likeness (QED) is 0.274. The molecule has 0 unspecified atom stereocenters. The Hall–Kier alpha value is 0. The lowest BCUT2D eigenvalue weighted by Gasteiger charge is -2.68. The molecule has 0 heteroatoms. The molecule has 0 aromatic rings. The second kappa shape index (κ2) is 14.0. The molecule has 0 atom stereocenters. The van der Waals surface area contributed by atoms with Gasteiger partial charge >= 0.3 is 0 Å². The topological polar surface area (TPSA) is 0 Å². The summed E-state index contributed by atoms with van der Waals surface area (Å²) in [4.78, 5) is 0. The van der Waals surface area contributed by atoms with Crippen LogP contribution in [0.15, 0.2) is 0 Å². The predicted octanol–water partition coefficient (Wildman–Crippen LogP) is 13.8. The van der Waals surface area contributed by atoms with Crippen LogP contribution in [-0.4, -0.2) is 0 Å². The van der Waals surface area contributed by atoms with Crippen LogP contribution in [0.1, 0.15) is 199 Å². The highest BCUT2D eigenvalue weighted by Gasteiger charge is 2.63. The first kappa shape index (κ1) is 31.9. The fourth-order valence-corrected chi connectivity index (χ4v) is 17.2. The van der Waals surface area contributed by atoms with Gasteiger partial charge < -0.3 is 0 Å². The number of hydrogen-bond acceptors (Lipinski definition) is 0. The summed E-state index contributed by atoms with van der Waals surface area (Å²) in [6.07, 6.45) is 49.9. The molecule has 0 radical (unpaired) electrons. The summed E-state index contributed by atoms with van der Waals surface area (Å²) in [7, 11) is 0. The van der Waals surface area contributed by atoms with Crippen LogP contribution >= 0.6 is 0 Å². The molecule has 0 N–H and O–H groups in total. The van der Waals surface area contributed by atoms with Gasteiger partial charge in [-0.25, -0.2) is 0 Å². The van der Waals surface area contributed by atoms with E-state index in [0.717, 1.165) is 88.3 Å². The SMILES string of the molecule is C1CCC(C2CCC(C3CCC(C4(C5CCC(C6CCC(C7CCCCC7)CC6)CC5)C5CC6CC(C5)CC4C6)CC3)CC2)CC1. The summed E-state index contributed by atoms with van der Waals surface area (Å²) >= 11 is 0. The Morgan fingerprint density at radius 1 is 0.217 bits per heavy atom. The molecule has 10 saturated carbocycles. The highest BCUT2D eigenvalue weighted by Crippen LogP contribution is 2.71. The van der Waals surface area contributed by atoms with Gasteiger partial charge in [0.1, 0.15) is 0 Å². The summed E-state index contributed by atoms with van der Waals surface area (Å²) in [6, 6.07) is 0. The van der Waals surface area contributed by atoms with E-state index < -0.39 is 0 Å². The van der Waals surface area contributed by atoms with Crippen LogP contribution in [0.4, 0.5) is 0 Å². The molecule has 0 aliphatic heterocycles. The van der Waals surface area contributed by atoms with E-state index in [2.05, 4.69) is 0 Å². The number of rotatable bonds is 6. The van der Waals surface area contributed by atoms with Gasteiger partial charge in [-0.15, -0.1) is 0 Å². The second-order valence-corrected chi connectivity index (χ2v) is 20.7. The van der Waals surface area contributed by atoms with Gasteiger partial charge in [0.25, 0.3) is 0 Å². The lowest BCUT2D eigenvalue weighted by molar-refractivity contribution is -0.189. The molecule has 4 bridgehead atoms. The third-order valence-corrected chi connectivity index (χ3v) is 19.1. The molecule has 0 aromatic heterocycles. The van der Waals surface area contributed by atoms with Crippen LogP contribution < -0.4 is 0 Å². The standard InChI is InChI=1S/C46H76/c1-3-7-34(8-4-1)36-11-15-38(16-12-36)40-19-23-42(24-20-40)46(44-28-32-27-33(30-44)31-45(46)29-32)43-25-21-41(22-26-43)39-17-13-37(14-18-39)35-9-5-2-6-10-35/h32-45H,1-31H2. The van der Waals surface area contributed by atoms with Crippen molar-refractivity contribution >= 4 is 0 Å². The molecule has 10 fully saturated rings. The van der Waals surface area contributed by atoms with Crippen LogP contribution in [0.25, 0.3) is 0 Å². The number of hydrogen-bond donors (Lipinski definition) is 0. The van der Waals surface area contributed by atoms with Gasteiger partial charge in [-0.3, -0.25) is 0 Å². The normalized spacial score (nSPS) is 50.9. The van der Waals surface area contributed by atoms with Crippen LogP contribution in [-0.2, 0) is 0 Å². The van der Waals surface area contributed by atoms with Gasteiger partial charge in [-0.05, 0) is 223 Å². The third kappa shape index (κ3) is 6.05. The zero-order valence-corrected chi connectivity index (χ0v) is 30.5. The van der Waals surface area contributed by atoms with Crippen molar-refractivity contribution in [1.82, 2.24) is 0 Å². The van der Waals surface area contributed by atoms with Crippen molar-refractivity contribution < 1.29 is 0 Å². The highest BCUT2D eigenvalue weighted by molar-refractivity contribution is 5.12. The Labute approximate surface area is 286 Å².